The van der Waals surface area contributed by atoms with E-state index in [1.165, 1.54) is 46.6 Å². The number of rotatable bonds is 5. The molecule has 0 saturated heterocycles. The van der Waals surface area contributed by atoms with Gasteiger partial charge in [0, 0.05) is 12.1 Å². The molecule has 8 heteroatoms. The highest BCUT2D eigenvalue weighted by molar-refractivity contribution is 8.01. The minimum Gasteiger partial charge on any atom is -0.292 e. The van der Waals surface area contributed by atoms with Crippen LogP contribution in [0.4, 0.5) is 5.69 Å². The maximum absolute atomic E-state index is 11.9. The number of non-ortho nitro benzene ring substituents is 1. The molecule has 1 aromatic carbocycles. The van der Waals surface area contributed by atoms with Gasteiger partial charge >= 0.3 is 0 Å². The molecule has 3 aromatic rings. The largest absolute Gasteiger partial charge is 0.292 e. The zero-order chi connectivity index (χ0) is 14.8. The van der Waals surface area contributed by atoms with Crippen molar-refractivity contribution in [3.8, 4) is 0 Å². The summed E-state index contributed by atoms with van der Waals surface area (Å²) in [5.74, 6) is 0.392. The number of thiazole rings is 1. The fourth-order valence-corrected chi connectivity index (χ4v) is 4.44. The van der Waals surface area contributed by atoms with Gasteiger partial charge in [0.2, 0.25) is 0 Å². The van der Waals surface area contributed by atoms with Crippen molar-refractivity contribution in [2.24, 2.45) is 0 Å². The minimum atomic E-state index is -0.424. The van der Waals surface area contributed by atoms with E-state index in [0.717, 1.165) is 19.4 Å². The Bertz CT molecular complexity index is 811. The van der Waals surface area contributed by atoms with E-state index < -0.39 is 4.92 Å². The van der Waals surface area contributed by atoms with Gasteiger partial charge in [-0.25, -0.2) is 4.98 Å². The van der Waals surface area contributed by atoms with E-state index in [9.17, 15) is 14.9 Å². The number of nitro groups is 1. The molecule has 0 saturated carbocycles. The van der Waals surface area contributed by atoms with E-state index in [1.807, 2.05) is 11.4 Å². The smallest absolute Gasteiger partial charge is 0.270 e. The monoisotopic (exact) mass is 336 g/mol. The van der Waals surface area contributed by atoms with Gasteiger partial charge < -0.3 is 0 Å². The Labute approximate surface area is 131 Å². The van der Waals surface area contributed by atoms with Crippen molar-refractivity contribution in [1.82, 2.24) is 4.98 Å². The number of aromatic nitrogens is 1. The van der Waals surface area contributed by atoms with Crippen LogP contribution >= 0.6 is 34.4 Å². The number of fused-ring (bicyclic) bond motifs is 1. The van der Waals surface area contributed by atoms with Crippen molar-refractivity contribution in [3.63, 3.8) is 0 Å². The molecule has 0 unspecified atom stereocenters. The predicted molar refractivity (Wildman–Crippen MR) is 85.6 cm³/mol. The number of ketones is 1. The van der Waals surface area contributed by atoms with Crippen LogP contribution in [0, 0.1) is 10.1 Å². The van der Waals surface area contributed by atoms with E-state index in [-0.39, 0.29) is 11.5 Å². The van der Waals surface area contributed by atoms with Crippen molar-refractivity contribution in [2.45, 2.75) is 4.34 Å². The molecule has 0 aliphatic carbocycles. The topological polar surface area (TPSA) is 73.1 Å². The highest BCUT2D eigenvalue weighted by Crippen LogP contribution is 2.32. The fourth-order valence-electron chi connectivity index (χ4n) is 1.70. The molecule has 0 aliphatic rings. The lowest BCUT2D eigenvalue weighted by Gasteiger charge is -1.94. The molecule has 0 spiro atoms. The summed E-state index contributed by atoms with van der Waals surface area (Å²) in [5.41, 5.74) is 0.772. The van der Waals surface area contributed by atoms with Crippen molar-refractivity contribution >= 4 is 56.1 Å². The molecule has 0 bridgehead atoms. The molecule has 106 valence electrons. The molecule has 0 aliphatic heterocycles. The van der Waals surface area contributed by atoms with E-state index in [1.54, 1.807) is 12.1 Å². The normalized spacial score (nSPS) is 10.9. The molecule has 0 N–H and O–H groups in total. The third-order valence-electron chi connectivity index (χ3n) is 2.69. The van der Waals surface area contributed by atoms with Crippen LogP contribution in [0.3, 0.4) is 0 Å². The van der Waals surface area contributed by atoms with Crippen molar-refractivity contribution < 1.29 is 9.72 Å². The average molecular weight is 336 g/mol. The van der Waals surface area contributed by atoms with Crippen LogP contribution in [0.15, 0.2) is 40.1 Å². The number of thiophene rings is 1. The Morgan fingerprint density at radius 2 is 2.24 bits per heavy atom. The lowest BCUT2D eigenvalue weighted by molar-refractivity contribution is -0.384. The summed E-state index contributed by atoms with van der Waals surface area (Å²) in [6, 6.07) is 8.23. The Balaban J connectivity index is 1.75. The molecule has 0 amide bonds. The summed E-state index contributed by atoms with van der Waals surface area (Å²) < 4.78 is 1.51. The SMILES string of the molecule is O=C(CSc1nc2ccc([N+](=O)[O-])cc2s1)c1cccs1. The van der Waals surface area contributed by atoms with Gasteiger partial charge in [-0.05, 0) is 17.5 Å². The van der Waals surface area contributed by atoms with Crippen LogP contribution in [0.2, 0.25) is 0 Å². The molecule has 0 atom stereocenters. The second kappa shape index (κ2) is 5.92. The zero-order valence-electron chi connectivity index (χ0n) is 10.5. The quantitative estimate of drug-likeness (QED) is 0.301. The van der Waals surface area contributed by atoms with Crippen LogP contribution < -0.4 is 0 Å². The molecule has 5 nitrogen and oxygen atoms in total. The fraction of sp³-hybridized carbons (Fsp3) is 0.0769. The van der Waals surface area contributed by atoms with E-state index in [2.05, 4.69) is 4.98 Å². The molecule has 3 rings (SSSR count). The number of thioether (sulfide) groups is 1. The maximum atomic E-state index is 11.9. The van der Waals surface area contributed by atoms with Gasteiger partial charge in [-0.3, -0.25) is 14.9 Å². The summed E-state index contributed by atoms with van der Waals surface area (Å²) >= 11 is 4.15. The van der Waals surface area contributed by atoms with Gasteiger partial charge in [-0.1, -0.05) is 17.8 Å². The van der Waals surface area contributed by atoms with Gasteiger partial charge in [0.05, 0.1) is 25.8 Å². The van der Waals surface area contributed by atoms with Crippen LogP contribution in [0.5, 0.6) is 0 Å². The summed E-state index contributed by atoms with van der Waals surface area (Å²) in [6.45, 7) is 0. The number of benzene rings is 1. The van der Waals surface area contributed by atoms with E-state index in [4.69, 9.17) is 0 Å². The van der Waals surface area contributed by atoms with Gasteiger partial charge in [0.1, 0.15) is 0 Å². The van der Waals surface area contributed by atoms with Crippen molar-refractivity contribution in [3.05, 3.63) is 50.7 Å². The predicted octanol–water partition coefficient (Wildman–Crippen LogP) is 4.24. The zero-order valence-corrected chi connectivity index (χ0v) is 13.0. The van der Waals surface area contributed by atoms with Crippen LogP contribution in [-0.2, 0) is 0 Å². The lowest BCUT2D eigenvalue weighted by atomic mass is 10.3. The lowest BCUT2D eigenvalue weighted by Crippen LogP contribution is -1.98. The standard InChI is InChI=1S/C13H8N2O3S3/c16-10(11-2-1-5-19-11)7-20-13-14-9-4-3-8(15(17)18)6-12(9)21-13/h1-6H,7H2. The summed E-state index contributed by atoms with van der Waals surface area (Å²) in [4.78, 5) is 27.3. The summed E-state index contributed by atoms with van der Waals surface area (Å²) in [7, 11) is 0. The van der Waals surface area contributed by atoms with Crippen LogP contribution in [0.1, 0.15) is 9.67 Å². The molecular formula is C13H8N2O3S3. The number of carbonyl (C=O) groups is 1. The summed E-state index contributed by atoms with van der Waals surface area (Å²) in [6.07, 6.45) is 0. The van der Waals surface area contributed by atoms with Crippen LogP contribution in [-0.4, -0.2) is 21.4 Å². The van der Waals surface area contributed by atoms with Gasteiger partial charge in [0.15, 0.2) is 10.1 Å². The Hall–Kier alpha value is -1.77. The second-order valence-electron chi connectivity index (χ2n) is 4.08. The molecule has 0 radical (unpaired) electrons. The van der Waals surface area contributed by atoms with Gasteiger partial charge in [-0.15, -0.1) is 22.7 Å². The number of carbonyl (C=O) groups excluding carboxylic acids is 1. The highest BCUT2D eigenvalue weighted by Gasteiger charge is 2.12. The molecule has 2 heterocycles. The summed E-state index contributed by atoms with van der Waals surface area (Å²) in [5, 5.41) is 12.6. The van der Waals surface area contributed by atoms with Crippen molar-refractivity contribution in [1.29, 1.82) is 0 Å². The Morgan fingerprint density at radius 1 is 1.38 bits per heavy atom. The molecular weight excluding hydrogens is 328 g/mol. The first kappa shape index (κ1) is 14.2. The Kier molecular flexibility index (Phi) is 4.00. The second-order valence-corrected chi connectivity index (χ2v) is 7.28. The number of nitro benzene ring substituents is 1. The number of Topliss-reactive ketones (excluding diaryl/α,β-unsaturated/α-hetero) is 1. The molecule has 0 fully saturated rings. The Morgan fingerprint density at radius 3 is 2.95 bits per heavy atom. The number of nitrogens with zero attached hydrogens (tertiary/aromatic N) is 2. The maximum Gasteiger partial charge on any atom is 0.270 e. The first-order valence-electron chi connectivity index (χ1n) is 5.88. The van der Waals surface area contributed by atoms with E-state index >= 15 is 0 Å². The number of hydrogen-bond donors (Lipinski definition) is 0. The number of hydrogen-bond acceptors (Lipinski definition) is 7. The molecule has 21 heavy (non-hydrogen) atoms. The molecule has 2 aromatic heterocycles. The van der Waals surface area contributed by atoms with Gasteiger partial charge in [-0.2, -0.15) is 0 Å². The van der Waals surface area contributed by atoms with Crippen LogP contribution in [0.25, 0.3) is 10.2 Å². The first-order valence-corrected chi connectivity index (χ1v) is 8.56. The third kappa shape index (κ3) is 3.12. The van der Waals surface area contributed by atoms with Crippen molar-refractivity contribution in [2.75, 3.05) is 5.75 Å². The van der Waals surface area contributed by atoms with E-state index in [0.29, 0.717) is 5.75 Å². The average Bonchev–Trinajstić information content (AvgIpc) is 3.12. The first-order chi connectivity index (χ1) is 10.1. The highest BCUT2D eigenvalue weighted by atomic mass is 32.2. The minimum absolute atomic E-state index is 0.0531. The third-order valence-corrected chi connectivity index (χ3v) is 5.76. The van der Waals surface area contributed by atoms with Gasteiger partial charge in [0.25, 0.3) is 5.69 Å².